The first-order chi connectivity index (χ1) is 9.24. The molecule has 2 rings (SSSR count). The molecule has 0 aliphatic carbocycles. The fourth-order valence-electron chi connectivity index (χ4n) is 2.54. The van der Waals surface area contributed by atoms with Gasteiger partial charge >= 0.3 is 0 Å². The summed E-state index contributed by atoms with van der Waals surface area (Å²) < 4.78 is 6.40. The third kappa shape index (κ3) is 3.91. The third-order valence-electron chi connectivity index (χ3n) is 3.59. The van der Waals surface area contributed by atoms with Gasteiger partial charge in [-0.25, -0.2) is 9.99 Å². The van der Waals surface area contributed by atoms with E-state index in [2.05, 4.69) is 37.4 Å². The van der Waals surface area contributed by atoms with E-state index in [0.717, 1.165) is 23.4 Å². The molecule has 0 bridgehead atoms. The van der Waals surface area contributed by atoms with Crippen molar-refractivity contribution in [2.45, 2.75) is 32.1 Å². The Kier molecular flexibility index (Phi) is 5.60. The Balaban J connectivity index is 2.17. The van der Waals surface area contributed by atoms with Crippen molar-refractivity contribution in [2.75, 3.05) is 26.7 Å². The van der Waals surface area contributed by atoms with Gasteiger partial charge in [0.2, 0.25) is 0 Å². The highest BCUT2D eigenvalue weighted by Crippen LogP contribution is 2.30. The Morgan fingerprint density at radius 3 is 3.11 bits per heavy atom. The maximum atomic E-state index is 5.61. The number of nitrogens with zero attached hydrogens (tertiary/aromatic N) is 2. The second kappa shape index (κ2) is 7.22. The van der Waals surface area contributed by atoms with Gasteiger partial charge in [0.1, 0.15) is 4.60 Å². The van der Waals surface area contributed by atoms with Gasteiger partial charge in [-0.1, -0.05) is 6.42 Å². The van der Waals surface area contributed by atoms with Gasteiger partial charge in [0.15, 0.2) is 5.75 Å². The molecule has 1 aromatic heterocycles. The van der Waals surface area contributed by atoms with Gasteiger partial charge in [0.05, 0.1) is 6.61 Å². The summed E-state index contributed by atoms with van der Waals surface area (Å²) in [6.07, 6.45) is 5.70. The molecule has 1 fully saturated rings. The van der Waals surface area contributed by atoms with E-state index in [1.807, 2.05) is 20.2 Å². The van der Waals surface area contributed by atoms with Crippen LogP contribution in [0.1, 0.15) is 37.7 Å². The fourth-order valence-corrected chi connectivity index (χ4v) is 2.87. The molecule has 0 spiro atoms. The minimum Gasteiger partial charge on any atom is -0.491 e. The molecule has 106 valence electrons. The van der Waals surface area contributed by atoms with Gasteiger partial charge in [-0.3, -0.25) is 5.43 Å². The molecular weight excluding hydrogens is 306 g/mol. The zero-order valence-corrected chi connectivity index (χ0v) is 13.2. The van der Waals surface area contributed by atoms with Crippen molar-refractivity contribution >= 4 is 15.9 Å². The standard InChI is InChI=1S/C14H22BrN3O/c1-3-19-13-8-12(9-17-14(13)15)11-6-4-5-7-18(10-11)16-2/h8-9,11,16H,3-7,10H2,1-2H3/t11-/m1/s1. The first-order valence-corrected chi connectivity index (χ1v) is 7.74. The van der Waals surface area contributed by atoms with Gasteiger partial charge in [-0.2, -0.15) is 0 Å². The number of halogens is 1. The van der Waals surface area contributed by atoms with Crippen molar-refractivity contribution in [1.29, 1.82) is 0 Å². The molecule has 1 aliphatic heterocycles. The van der Waals surface area contributed by atoms with Gasteiger partial charge < -0.3 is 4.74 Å². The predicted molar refractivity (Wildman–Crippen MR) is 80.3 cm³/mol. The third-order valence-corrected chi connectivity index (χ3v) is 4.18. The molecular formula is C14H22BrN3O. The number of ether oxygens (including phenoxy) is 1. The second-order valence-electron chi connectivity index (χ2n) is 4.85. The number of hydrazine groups is 1. The zero-order chi connectivity index (χ0) is 13.7. The smallest absolute Gasteiger partial charge is 0.152 e. The maximum Gasteiger partial charge on any atom is 0.152 e. The monoisotopic (exact) mass is 327 g/mol. The molecule has 1 aromatic rings. The van der Waals surface area contributed by atoms with Crippen molar-refractivity contribution in [2.24, 2.45) is 0 Å². The van der Waals surface area contributed by atoms with Crippen LogP contribution >= 0.6 is 15.9 Å². The molecule has 2 heterocycles. The molecule has 1 aliphatic rings. The van der Waals surface area contributed by atoms with Gasteiger partial charge in [-0.15, -0.1) is 0 Å². The topological polar surface area (TPSA) is 37.4 Å². The number of pyridine rings is 1. The largest absolute Gasteiger partial charge is 0.491 e. The van der Waals surface area contributed by atoms with E-state index in [-0.39, 0.29) is 0 Å². The van der Waals surface area contributed by atoms with Gasteiger partial charge in [0, 0.05) is 19.3 Å². The Labute approximate surface area is 123 Å². The summed E-state index contributed by atoms with van der Waals surface area (Å²) in [7, 11) is 1.99. The van der Waals surface area contributed by atoms with Crippen LogP contribution in [0.2, 0.25) is 0 Å². The van der Waals surface area contributed by atoms with Crippen LogP contribution in [-0.4, -0.2) is 36.7 Å². The van der Waals surface area contributed by atoms with Crippen LogP contribution in [0.3, 0.4) is 0 Å². The number of hydrogen-bond acceptors (Lipinski definition) is 4. The first kappa shape index (κ1) is 14.8. The van der Waals surface area contributed by atoms with E-state index in [0.29, 0.717) is 12.5 Å². The SMILES string of the molecule is CCOc1cc([C@@H]2CCCCN(NC)C2)cnc1Br. The highest BCUT2D eigenvalue weighted by Gasteiger charge is 2.20. The summed E-state index contributed by atoms with van der Waals surface area (Å²) in [4.78, 5) is 4.41. The quantitative estimate of drug-likeness (QED) is 0.863. The van der Waals surface area contributed by atoms with Crippen molar-refractivity contribution in [3.8, 4) is 5.75 Å². The van der Waals surface area contributed by atoms with Crippen LogP contribution in [0.25, 0.3) is 0 Å². The molecule has 1 N–H and O–H groups in total. The summed E-state index contributed by atoms with van der Waals surface area (Å²) in [5.41, 5.74) is 4.54. The molecule has 0 saturated carbocycles. The number of aromatic nitrogens is 1. The molecule has 1 atom stereocenters. The van der Waals surface area contributed by atoms with Gasteiger partial charge in [-0.05, 0) is 60.3 Å². The average molecular weight is 328 g/mol. The average Bonchev–Trinajstić information content (AvgIpc) is 2.67. The first-order valence-electron chi connectivity index (χ1n) is 6.95. The second-order valence-corrected chi connectivity index (χ2v) is 5.60. The van der Waals surface area contributed by atoms with Crippen LogP contribution in [0.5, 0.6) is 5.75 Å². The number of nitrogens with one attached hydrogen (secondary N) is 1. The molecule has 0 unspecified atom stereocenters. The molecule has 1 saturated heterocycles. The van der Waals surface area contributed by atoms with E-state index < -0.39 is 0 Å². The lowest BCUT2D eigenvalue weighted by Crippen LogP contribution is -2.37. The minimum absolute atomic E-state index is 0.523. The van der Waals surface area contributed by atoms with E-state index >= 15 is 0 Å². The molecule has 4 nitrogen and oxygen atoms in total. The van der Waals surface area contributed by atoms with Crippen molar-refractivity contribution in [3.63, 3.8) is 0 Å². The van der Waals surface area contributed by atoms with Crippen LogP contribution < -0.4 is 10.2 Å². The van der Waals surface area contributed by atoms with Crippen LogP contribution in [0.15, 0.2) is 16.9 Å². The van der Waals surface area contributed by atoms with Crippen molar-refractivity contribution in [1.82, 2.24) is 15.4 Å². The summed E-state index contributed by atoms with van der Waals surface area (Å²) >= 11 is 3.44. The Hall–Kier alpha value is -0.650. The van der Waals surface area contributed by atoms with E-state index in [1.54, 1.807) is 0 Å². The highest BCUT2D eigenvalue weighted by molar-refractivity contribution is 9.10. The predicted octanol–water partition coefficient (Wildman–Crippen LogP) is 2.95. The minimum atomic E-state index is 0.523. The molecule has 0 aromatic carbocycles. The molecule has 0 amide bonds. The Morgan fingerprint density at radius 2 is 2.37 bits per heavy atom. The lowest BCUT2D eigenvalue weighted by Gasteiger charge is -2.23. The molecule has 5 heteroatoms. The summed E-state index contributed by atoms with van der Waals surface area (Å²) in [5.74, 6) is 1.37. The van der Waals surface area contributed by atoms with E-state index in [4.69, 9.17) is 4.74 Å². The molecule has 19 heavy (non-hydrogen) atoms. The van der Waals surface area contributed by atoms with Gasteiger partial charge in [0.25, 0.3) is 0 Å². The van der Waals surface area contributed by atoms with Crippen molar-refractivity contribution in [3.05, 3.63) is 22.4 Å². The van der Waals surface area contributed by atoms with Crippen LogP contribution in [-0.2, 0) is 0 Å². The summed E-state index contributed by atoms with van der Waals surface area (Å²) in [6, 6.07) is 2.13. The Bertz CT molecular complexity index is 414. The van der Waals surface area contributed by atoms with E-state index in [9.17, 15) is 0 Å². The fraction of sp³-hybridized carbons (Fsp3) is 0.643. The highest BCUT2D eigenvalue weighted by atomic mass is 79.9. The molecule has 0 radical (unpaired) electrons. The van der Waals surface area contributed by atoms with Crippen LogP contribution in [0.4, 0.5) is 0 Å². The number of rotatable bonds is 4. The zero-order valence-electron chi connectivity index (χ0n) is 11.7. The lowest BCUT2D eigenvalue weighted by molar-refractivity contribution is 0.206. The normalized spacial score (nSPS) is 21.1. The lowest BCUT2D eigenvalue weighted by atomic mass is 9.96. The van der Waals surface area contributed by atoms with Crippen LogP contribution in [0, 0.1) is 0 Å². The summed E-state index contributed by atoms with van der Waals surface area (Å²) in [5, 5.41) is 2.29. The number of hydrogen-bond donors (Lipinski definition) is 1. The summed E-state index contributed by atoms with van der Waals surface area (Å²) in [6.45, 7) is 4.81. The van der Waals surface area contributed by atoms with E-state index in [1.165, 1.54) is 24.8 Å². The maximum absolute atomic E-state index is 5.61. The Morgan fingerprint density at radius 1 is 1.53 bits per heavy atom. The van der Waals surface area contributed by atoms with Crippen molar-refractivity contribution < 1.29 is 4.74 Å².